The Morgan fingerprint density at radius 1 is 1.07 bits per heavy atom. The van der Waals surface area contributed by atoms with Gasteiger partial charge in [0.05, 0.1) is 25.9 Å². The zero-order valence-corrected chi connectivity index (χ0v) is 15.7. The SMILES string of the molecule is COC(=O)c1ccc(OCC2CC(=O)N(c3ccc(OCCO)cc3)C2)cc1. The Morgan fingerprint density at radius 2 is 1.71 bits per heavy atom. The lowest BCUT2D eigenvalue weighted by molar-refractivity contribution is -0.117. The number of hydrogen-bond donors (Lipinski definition) is 1. The van der Waals surface area contributed by atoms with Crippen LogP contribution in [0.2, 0.25) is 0 Å². The molecule has 3 rings (SSSR count). The minimum Gasteiger partial charge on any atom is -0.493 e. The van der Waals surface area contributed by atoms with Gasteiger partial charge in [0, 0.05) is 24.6 Å². The van der Waals surface area contributed by atoms with Crippen LogP contribution in [0.1, 0.15) is 16.8 Å². The molecule has 0 aromatic heterocycles. The van der Waals surface area contributed by atoms with Gasteiger partial charge in [0.25, 0.3) is 0 Å². The van der Waals surface area contributed by atoms with Crippen molar-refractivity contribution < 1.29 is 28.9 Å². The number of carbonyl (C=O) groups is 2. The van der Waals surface area contributed by atoms with Crippen LogP contribution in [0.5, 0.6) is 11.5 Å². The summed E-state index contributed by atoms with van der Waals surface area (Å²) < 4.78 is 15.8. The highest BCUT2D eigenvalue weighted by Gasteiger charge is 2.31. The van der Waals surface area contributed by atoms with Gasteiger partial charge in [-0.2, -0.15) is 0 Å². The molecule has 0 radical (unpaired) electrons. The van der Waals surface area contributed by atoms with Crippen LogP contribution in [0.4, 0.5) is 5.69 Å². The molecular formula is C21H23NO6. The predicted octanol–water partition coefficient (Wildman–Crippen LogP) is 2.28. The summed E-state index contributed by atoms with van der Waals surface area (Å²) in [4.78, 5) is 25.5. The van der Waals surface area contributed by atoms with Gasteiger partial charge in [-0.15, -0.1) is 0 Å². The number of aliphatic hydroxyl groups is 1. The molecule has 2 aromatic rings. The minimum atomic E-state index is -0.392. The normalized spacial score (nSPS) is 16.1. The Hall–Kier alpha value is -3.06. The van der Waals surface area contributed by atoms with Crippen molar-refractivity contribution in [1.29, 1.82) is 0 Å². The van der Waals surface area contributed by atoms with E-state index in [1.807, 2.05) is 12.1 Å². The van der Waals surface area contributed by atoms with Gasteiger partial charge in [-0.25, -0.2) is 4.79 Å². The summed E-state index contributed by atoms with van der Waals surface area (Å²) in [5.41, 5.74) is 1.27. The maximum atomic E-state index is 12.4. The molecule has 1 heterocycles. The number of esters is 1. The number of benzene rings is 2. The van der Waals surface area contributed by atoms with Crippen LogP contribution in [0.15, 0.2) is 48.5 Å². The van der Waals surface area contributed by atoms with E-state index in [2.05, 4.69) is 4.74 Å². The Balaban J connectivity index is 1.53. The van der Waals surface area contributed by atoms with Crippen LogP contribution in [-0.4, -0.2) is 50.5 Å². The first kappa shape index (κ1) is 19.7. The molecular weight excluding hydrogens is 362 g/mol. The van der Waals surface area contributed by atoms with Crippen LogP contribution in [-0.2, 0) is 9.53 Å². The standard InChI is InChI=1S/C21H23NO6/c1-26-21(25)16-2-6-19(7-3-16)28-14-15-12-20(24)22(13-15)17-4-8-18(9-5-17)27-11-10-23/h2-9,15,23H,10-14H2,1H3. The van der Waals surface area contributed by atoms with Crippen molar-refractivity contribution in [1.82, 2.24) is 0 Å². The fourth-order valence-corrected chi connectivity index (χ4v) is 3.05. The number of hydrogen-bond acceptors (Lipinski definition) is 6. The number of aliphatic hydroxyl groups excluding tert-OH is 1. The molecule has 2 aromatic carbocycles. The second kappa shape index (κ2) is 9.23. The van der Waals surface area contributed by atoms with Gasteiger partial charge in [-0.05, 0) is 48.5 Å². The highest BCUT2D eigenvalue weighted by atomic mass is 16.5. The van der Waals surface area contributed by atoms with Crippen molar-refractivity contribution in [2.24, 2.45) is 5.92 Å². The third-order valence-corrected chi connectivity index (χ3v) is 4.47. The number of methoxy groups -OCH3 is 1. The number of amides is 1. The van der Waals surface area contributed by atoms with Gasteiger partial charge in [-0.1, -0.05) is 0 Å². The fourth-order valence-electron chi connectivity index (χ4n) is 3.05. The summed E-state index contributed by atoms with van der Waals surface area (Å²) in [7, 11) is 1.34. The summed E-state index contributed by atoms with van der Waals surface area (Å²) in [6, 6.07) is 14.0. The highest BCUT2D eigenvalue weighted by molar-refractivity contribution is 5.95. The smallest absolute Gasteiger partial charge is 0.337 e. The third kappa shape index (κ3) is 4.80. The van der Waals surface area contributed by atoms with Gasteiger partial charge in [-0.3, -0.25) is 4.79 Å². The lowest BCUT2D eigenvalue weighted by atomic mass is 10.1. The Morgan fingerprint density at radius 3 is 2.36 bits per heavy atom. The molecule has 1 amide bonds. The molecule has 7 nitrogen and oxygen atoms in total. The summed E-state index contributed by atoms with van der Waals surface area (Å²) in [5.74, 6) is 1.04. The molecule has 148 valence electrons. The Labute approximate surface area is 163 Å². The van der Waals surface area contributed by atoms with E-state index in [0.29, 0.717) is 36.6 Å². The molecule has 28 heavy (non-hydrogen) atoms. The second-order valence-electron chi connectivity index (χ2n) is 6.47. The van der Waals surface area contributed by atoms with E-state index in [-0.39, 0.29) is 25.0 Å². The highest BCUT2D eigenvalue weighted by Crippen LogP contribution is 2.27. The van der Waals surface area contributed by atoms with Gasteiger partial charge < -0.3 is 24.2 Å². The average molecular weight is 385 g/mol. The van der Waals surface area contributed by atoms with E-state index < -0.39 is 5.97 Å². The molecule has 1 fully saturated rings. The number of rotatable bonds is 8. The predicted molar refractivity (Wildman–Crippen MR) is 103 cm³/mol. The van der Waals surface area contributed by atoms with Crippen molar-refractivity contribution in [3.8, 4) is 11.5 Å². The van der Waals surface area contributed by atoms with Crippen molar-refractivity contribution in [2.75, 3.05) is 38.4 Å². The molecule has 0 bridgehead atoms. The van der Waals surface area contributed by atoms with E-state index in [1.54, 1.807) is 41.3 Å². The molecule has 0 saturated carbocycles. The molecule has 7 heteroatoms. The summed E-state index contributed by atoms with van der Waals surface area (Å²) in [6.45, 7) is 1.19. The van der Waals surface area contributed by atoms with Crippen LogP contribution >= 0.6 is 0 Å². The summed E-state index contributed by atoms with van der Waals surface area (Å²) in [5, 5.41) is 8.79. The molecule has 1 aliphatic heterocycles. The molecule has 1 atom stereocenters. The van der Waals surface area contributed by atoms with Crippen molar-refractivity contribution >= 4 is 17.6 Å². The zero-order valence-electron chi connectivity index (χ0n) is 15.7. The van der Waals surface area contributed by atoms with Gasteiger partial charge >= 0.3 is 5.97 Å². The zero-order chi connectivity index (χ0) is 19.9. The van der Waals surface area contributed by atoms with E-state index >= 15 is 0 Å². The summed E-state index contributed by atoms with van der Waals surface area (Å²) >= 11 is 0. The minimum absolute atomic E-state index is 0.0422. The Bertz CT molecular complexity index is 803. The topological polar surface area (TPSA) is 85.3 Å². The largest absolute Gasteiger partial charge is 0.493 e. The molecule has 0 spiro atoms. The number of nitrogens with zero attached hydrogens (tertiary/aromatic N) is 1. The van der Waals surface area contributed by atoms with Crippen molar-refractivity contribution in [2.45, 2.75) is 6.42 Å². The first-order chi connectivity index (χ1) is 13.6. The van der Waals surface area contributed by atoms with Gasteiger partial charge in [0.15, 0.2) is 0 Å². The van der Waals surface area contributed by atoms with E-state index in [0.717, 1.165) is 5.69 Å². The molecule has 1 aliphatic rings. The van der Waals surface area contributed by atoms with Crippen LogP contribution in [0.3, 0.4) is 0 Å². The van der Waals surface area contributed by atoms with Crippen molar-refractivity contribution in [3.63, 3.8) is 0 Å². The van der Waals surface area contributed by atoms with Crippen LogP contribution in [0, 0.1) is 5.92 Å². The maximum Gasteiger partial charge on any atom is 0.337 e. The number of ether oxygens (including phenoxy) is 3. The molecule has 0 aliphatic carbocycles. The van der Waals surface area contributed by atoms with Crippen LogP contribution < -0.4 is 14.4 Å². The van der Waals surface area contributed by atoms with Gasteiger partial charge in [0.2, 0.25) is 5.91 Å². The first-order valence-corrected chi connectivity index (χ1v) is 9.06. The van der Waals surface area contributed by atoms with E-state index in [4.69, 9.17) is 14.6 Å². The summed E-state index contributed by atoms with van der Waals surface area (Å²) in [6.07, 6.45) is 0.420. The second-order valence-corrected chi connectivity index (χ2v) is 6.47. The molecule has 1 unspecified atom stereocenters. The Kier molecular flexibility index (Phi) is 6.49. The molecule has 1 saturated heterocycles. The number of carbonyl (C=O) groups excluding carboxylic acids is 2. The lowest BCUT2D eigenvalue weighted by Gasteiger charge is -2.17. The average Bonchev–Trinajstić information content (AvgIpc) is 3.11. The van der Waals surface area contributed by atoms with E-state index in [9.17, 15) is 9.59 Å². The fraction of sp³-hybridized carbons (Fsp3) is 0.333. The monoisotopic (exact) mass is 385 g/mol. The number of anilines is 1. The maximum absolute atomic E-state index is 12.4. The first-order valence-electron chi connectivity index (χ1n) is 9.06. The lowest BCUT2D eigenvalue weighted by Crippen LogP contribution is -2.25. The van der Waals surface area contributed by atoms with Crippen LogP contribution in [0.25, 0.3) is 0 Å². The van der Waals surface area contributed by atoms with E-state index in [1.165, 1.54) is 7.11 Å². The van der Waals surface area contributed by atoms with Gasteiger partial charge in [0.1, 0.15) is 18.1 Å². The molecule has 1 N–H and O–H groups in total. The third-order valence-electron chi connectivity index (χ3n) is 4.47. The van der Waals surface area contributed by atoms with Crippen molar-refractivity contribution in [3.05, 3.63) is 54.1 Å². The quantitative estimate of drug-likeness (QED) is 0.702.